The van der Waals surface area contributed by atoms with Crippen LogP contribution in [0.25, 0.3) is 0 Å². The zero-order chi connectivity index (χ0) is 13.8. The van der Waals surface area contributed by atoms with Gasteiger partial charge in [0, 0.05) is 22.8 Å². The Labute approximate surface area is 117 Å². The molecule has 98 valence electrons. The number of rotatable bonds is 3. The van der Waals surface area contributed by atoms with Crippen LogP contribution in [-0.4, -0.2) is 5.91 Å². The molecule has 3 nitrogen and oxygen atoms in total. The summed E-state index contributed by atoms with van der Waals surface area (Å²) < 4.78 is 0. The molecule has 0 heterocycles. The third-order valence-electron chi connectivity index (χ3n) is 2.85. The van der Waals surface area contributed by atoms with E-state index in [-0.39, 0.29) is 5.91 Å². The second-order valence-electron chi connectivity index (χ2n) is 4.32. The quantitative estimate of drug-likeness (QED) is 0.902. The molecule has 0 aliphatic carbocycles. The number of carbonyl (C=O) groups is 1. The molecule has 0 atom stereocenters. The molecule has 0 fully saturated rings. The maximum atomic E-state index is 12.1. The van der Waals surface area contributed by atoms with E-state index in [2.05, 4.69) is 5.32 Å². The fraction of sp³-hybridized carbons (Fsp3) is 0.133. The van der Waals surface area contributed by atoms with Crippen LogP contribution in [0.5, 0.6) is 0 Å². The summed E-state index contributed by atoms with van der Waals surface area (Å²) in [4.78, 5) is 12.1. The Morgan fingerprint density at radius 3 is 2.74 bits per heavy atom. The van der Waals surface area contributed by atoms with Crippen molar-refractivity contribution >= 4 is 23.2 Å². The van der Waals surface area contributed by atoms with Crippen LogP contribution in [0.2, 0.25) is 5.02 Å². The highest BCUT2D eigenvalue weighted by Gasteiger charge is 2.07. The number of anilines is 1. The number of nitrogens with two attached hydrogens (primary N) is 1. The predicted octanol–water partition coefficient (Wildman–Crippen LogP) is 3.36. The van der Waals surface area contributed by atoms with Crippen molar-refractivity contribution < 1.29 is 4.79 Å². The lowest BCUT2D eigenvalue weighted by Gasteiger charge is -2.07. The summed E-state index contributed by atoms with van der Waals surface area (Å²) in [5, 5.41) is 3.41. The lowest BCUT2D eigenvalue weighted by Crippen LogP contribution is -2.12. The molecule has 0 radical (unpaired) electrons. The number of nitrogens with one attached hydrogen (secondary N) is 1. The van der Waals surface area contributed by atoms with Crippen molar-refractivity contribution in [1.29, 1.82) is 0 Å². The molecule has 2 rings (SSSR count). The fourth-order valence-corrected chi connectivity index (χ4v) is 1.89. The molecule has 0 aliphatic heterocycles. The first-order valence-electron chi connectivity index (χ1n) is 5.96. The summed E-state index contributed by atoms with van der Waals surface area (Å²) in [6, 6.07) is 12.7. The second kappa shape index (κ2) is 5.87. The molecule has 0 saturated heterocycles. The number of hydrogen-bond donors (Lipinski definition) is 2. The van der Waals surface area contributed by atoms with Gasteiger partial charge in [0.25, 0.3) is 5.91 Å². The van der Waals surface area contributed by atoms with E-state index in [9.17, 15) is 4.79 Å². The van der Waals surface area contributed by atoms with Gasteiger partial charge in [-0.2, -0.15) is 0 Å². The summed E-state index contributed by atoms with van der Waals surface area (Å²) in [6.45, 7) is 2.34. The van der Waals surface area contributed by atoms with Gasteiger partial charge in [-0.05, 0) is 42.3 Å². The van der Waals surface area contributed by atoms with Crippen LogP contribution in [0.4, 0.5) is 5.69 Å². The molecule has 1 amide bonds. The molecule has 2 aromatic rings. The summed E-state index contributed by atoms with van der Waals surface area (Å²) in [5.41, 5.74) is 8.75. The van der Waals surface area contributed by atoms with E-state index >= 15 is 0 Å². The lowest BCUT2D eigenvalue weighted by atomic mass is 10.1. The number of benzene rings is 2. The molecule has 0 aromatic heterocycles. The summed E-state index contributed by atoms with van der Waals surface area (Å²) in [6.07, 6.45) is 0. The molecule has 19 heavy (non-hydrogen) atoms. The zero-order valence-electron chi connectivity index (χ0n) is 10.6. The van der Waals surface area contributed by atoms with Gasteiger partial charge in [0.1, 0.15) is 0 Å². The van der Waals surface area contributed by atoms with Crippen LogP contribution in [-0.2, 0) is 6.54 Å². The lowest BCUT2D eigenvalue weighted by molar-refractivity contribution is 0.102. The van der Waals surface area contributed by atoms with E-state index < -0.39 is 0 Å². The van der Waals surface area contributed by atoms with Crippen molar-refractivity contribution in [2.75, 3.05) is 5.32 Å². The smallest absolute Gasteiger partial charge is 0.255 e. The van der Waals surface area contributed by atoms with Crippen LogP contribution in [0, 0.1) is 6.92 Å². The third kappa shape index (κ3) is 3.34. The van der Waals surface area contributed by atoms with E-state index in [1.54, 1.807) is 12.1 Å². The first-order valence-corrected chi connectivity index (χ1v) is 6.34. The minimum absolute atomic E-state index is 0.184. The van der Waals surface area contributed by atoms with E-state index in [1.165, 1.54) is 0 Å². The summed E-state index contributed by atoms with van der Waals surface area (Å²) >= 11 is 6.01. The maximum Gasteiger partial charge on any atom is 0.255 e. The van der Waals surface area contributed by atoms with Gasteiger partial charge in [0.15, 0.2) is 0 Å². The molecule has 4 heteroatoms. The standard InChI is InChI=1S/C15H15ClN2O/c1-10-5-6-12(8-14(10)16)15(19)18-13-4-2-3-11(7-13)9-17/h2-8H,9,17H2,1H3,(H,18,19). The summed E-state index contributed by atoms with van der Waals surface area (Å²) in [7, 11) is 0. The molecule has 3 N–H and O–H groups in total. The Kier molecular flexibility index (Phi) is 4.20. The Morgan fingerprint density at radius 2 is 2.05 bits per heavy atom. The van der Waals surface area contributed by atoms with Gasteiger partial charge in [0.2, 0.25) is 0 Å². The largest absolute Gasteiger partial charge is 0.326 e. The van der Waals surface area contributed by atoms with Crippen molar-refractivity contribution in [2.45, 2.75) is 13.5 Å². The highest BCUT2D eigenvalue weighted by Crippen LogP contribution is 2.18. The van der Waals surface area contributed by atoms with Gasteiger partial charge >= 0.3 is 0 Å². The number of carbonyl (C=O) groups excluding carboxylic acids is 1. The van der Waals surface area contributed by atoms with Gasteiger partial charge in [-0.15, -0.1) is 0 Å². The fourth-order valence-electron chi connectivity index (χ4n) is 1.71. The first-order chi connectivity index (χ1) is 9.10. The second-order valence-corrected chi connectivity index (χ2v) is 4.73. The van der Waals surface area contributed by atoms with Crippen LogP contribution in [0.15, 0.2) is 42.5 Å². The van der Waals surface area contributed by atoms with Crippen molar-refractivity contribution in [3.63, 3.8) is 0 Å². The average Bonchev–Trinajstić information content (AvgIpc) is 2.42. The molecule has 0 saturated carbocycles. The van der Waals surface area contributed by atoms with Crippen molar-refractivity contribution in [1.82, 2.24) is 0 Å². The maximum absolute atomic E-state index is 12.1. The van der Waals surface area contributed by atoms with Crippen LogP contribution in [0.3, 0.4) is 0 Å². The van der Waals surface area contributed by atoms with Gasteiger partial charge in [-0.25, -0.2) is 0 Å². The van der Waals surface area contributed by atoms with Crippen molar-refractivity contribution in [3.8, 4) is 0 Å². The molecule has 0 spiro atoms. The van der Waals surface area contributed by atoms with Gasteiger partial charge in [-0.1, -0.05) is 29.8 Å². The number of halogens is 1. The molecule has 0 bridgehead atoms. The summed E-state index contributed by atoms with van der Waals surface area (Å²) in [5.74, 6) is -0.184. The normalized spacial score (nSPS) is 10.3. The number of hydrogen-bond acceptors (Lipinski definition) is 2. The molecule has 0 aliphatic rings. The monoisotopic (exact) mass is 274 g/mol. The molecular formula is C15H15ClN2O. The third-order valence-corrected chi connectivity index (χ3v) is 3.26. The minimum atomic E-state index is -0.184. The van der Waals surface area contributed by atoms with Crippen LogP contribution >= 0.6 is 11.6 Å². The average molecular weight is 275 g/mol. The van der Waals surface area contributed by atoms with E-state index in [0.717, 1.165) is 16.8 Å². The number of amides is 1. The Hall–Kier alpha value is -1.84. The van der Waals surface area contributed by atoms with Gasteiger partial charge in [0.05, 0.1) is 0 Å². The topological polar surface area (TPSA) is 55.1 Å². The van der Waals surface area contributed by atoms with E-state index in [0.29, 0.717) is 17.1 Å². The van der Waals surface area contributed by atoms with Crippen LogP contribution < -0.4 is 11.1 Å². The highest BCUT2D eigenvalue weighted by molar-refractivity contribution is 6.31. The van der Waals surface area contributed by atoms with Crippen molar-refractivity contribution in [3.05, 3.63) is 64.2 Å². The Morgan fingerprint density at radius 1 is 1.26 bits per heavy atom. The number of aryl methyl sites for hydroxylation is 1. The molecule has 2 aromatic carbocycles. The molecular weight excluding hydrogens is 260 g/mol. The Bertz CT molecular complexity index is 611. The highest BCUT2D eigenvalue weighted by atomic mass is 35.5. The Balaban J connectivity index is 2.18. The molecule has 0 unspecified atom stereocenters. The SMILES string of the molecule is Cc1ccc(C(=O)Nc2cccc(CN)c2)cc1Cl. The van der Waals surface area contributed by atoms with E-state index in [4.69, 9.17) is 17.3 Å². The predicted molar refractivity (Wildman–Crippen MR) is 78.5 cm³/mol. The minimum Gasteiger partial charge on any atom is -0.326 e. The van der Waals surface area contributed by atoms with Gasteiger partial charge < -0.3 is 11.1 Å². The van der Waals surface area contributed by atoms with Crippen LogP contribution in [0.1, 0.15) is 21.5 Å². The van der Waals surface area contributed by atoms with E-state index in [1.807, 2.05) is 37.3 Å². The van der Waals surface area contributed by atoms with Crippen molar-refractivity contribution in [2.24, 2.45) is 5.73 Å². The first kappa shape index (κ1) is 13.6. The van der Waals surface area contributed by atoms with Gasteiger partial charge in [-0.3, -0.25) is 4.79 Å². The zero-order valence-corrected chi connectivity index (χ0v) is 11.4.